The fourth-order valence-corrected chi connectivity index (χ4v) is 3.24. The number of benzene rings is 1. The first kappa shape index (κ1) is 15.8. The Hall–Kier alpha value is -2.67. The molecule has 0 saturated heterocycles. The molecule has 0 spiro atoms. The zero-order valence-corrected chi connectivity index (χ0v) is 14.8. The van der Waals surface area contributed by atoms with Crippen molar-refractivity contribution in [2.45, 2.75) is 26.6 Å². The van der Waals surface area contributed by atoms with Gasteiger partial charge in [0, 0.05) is 43.5 Å². The van der Waals surface area contributed by atoms with Crippen LogP contribution in [-0.2, 0) is 26.7 Å². The lowest BCUT2D eigenvalue weighted by Crippen LogP contribution is -2.33. The van der Waals surface area contributed by atoms with Gasteiger partial charge in [-0.25, -0.2) is 0 Å². The minimum Gasteiger partial charge on any atom is -0.497 e. The van der Waals surface area contributed by atoms with Crippen molar-refractivity contribution in [1.29, 1.82) is 0 Å². The summed E-state index contributed by atoms with van der Waals surface area (Å²) in [5, 5.41) is 13.2. The van der Waals surface area contributed by atoms with Crippen molar-refractivity contribution >= 4 is 0 Å². The van der Waals surface area contributed by atoms with Gasteiger partial charge in [-0.1, -0.05) is 0 Å². The molecule has 0 radical (unpaired) electrons. The van der Waals surface area contributed by atoms with E-state index in [9.17, 15) is 0 Å². The van der Waals surface area contributed by atoms with Crippen molar-refractivity contribution in [3.8, 4) is 17.1 Å². The van der Waals surface area contributed by atoms with Crippen molar-refractivity contribution in [2.24, 2.45) is 7.05 Å². The summed E-state index contributed by atoms with van der Waals surface area (Å²) in [5.74, 6) is 2.79. The van der Waals surface area contributed by atoms with Crippen LogP contribution in [-0.4, -0.2) is 43.1 Å². The van der Waals surface area contributed by atoms with E-state index in [0.29, 0.717) is 0 Å². The highest BCUT2D eigenvalue weighted by Gasteiger charge is 2.22. The van der Waals surface area contributed by atoms with Crippen LogP contribution in [0.15, 0.2) is 30.5 Å². The van der Waals surface area contributed by atoms with Crippen molar-refractivity contribution in [3.05, 3.63) is 47.5 Å². The highest BCUT2D eigenvalue weighted by Crippen LogP contribution is 2.24. The normalized spacial score (nSPS) is 14.5. The van der Waals surface area contributed by atoms with Crippen molar-refractivity contribution in [1.82, 2.24) is 29.4 Å². The lowest BCUT2D eigenvalue weighted by Gasteiger charge is -2.27. The molecule has 130 valence electrons. The molecule has 0 atom stereocenters. The molecule has 1 aliphatic rings. The molecular formula is C18H22N6O. The van der Waals surface area contributed by atoms with Crippen molar-refractivity contribution in [3.63, 3.8) is 0 Å². The molecule has 0 fully saturated rings. The van der Waals surface area contributed by atoms with Gasteiger partial charge in [-0.2, -0.15) is 5.10 Å². The van der Waals surface area contributed by atoms with Crippen LogP contribution in [0.25, 0.3) is 11.4 Å². The predicted molar refractivity (Wildman–Crippen MR) is 94.1 cm³/mol. The quantitative estimate of drug-likeness (QED) is 0.728. The molecule has 1 aromatic carbocycles. The molecule has 3 heterocycles. The lowest BCUT2D eigenvalue weighted by molar-refractivity contribution is 0.209. The average Bonchev–Trinajstić information content (AvgIpc) is 3.20. The molecule has 0 N–H and O–H groups in total. The van der Waals surface area contributed by atoms with Gasteiger partial charge in [-0.3, -0.25) is 9.58 Å². The summed E-state index contributed by atoms with van der Waals surface area (Å²) >= 11 is 0. The van der Waals surface area contributed by atoms with E-state index >= 15 is 0 Å². The molecule has 3 aromatic rings. The van der Waals surface area contributed by atoms with E-state index in [2.05, 4.69) is 31.7 Å². The van der Waals surface area contributed by atoms with E-state index < -0.39 is 0 Å². The van der Waals surface area contributed by atoms with E-state index in [1.165, 1.54) is 11.3 Å². The van der Waals surface area contributed by atoms with Crippen LogP contribution in [0.1, 0.15) is 17.1 Å². The van der Waals surface area contributed by atoms with Crippen molar-refractivity contribution in [2.75, 3.05) is 13.7 Å². The first-order chi connectivity index (χ1) is 12.2. The second kappa shape index (κ2) is 6.33. The Bertz CT molecular complexity index is 880. The summed E-state index contributed by atoms with van der Waals surface area (Å²) < 4.78 is 9.36. The minimum absolute atomic E-state index is 0.803. The fraction of sp³-hybridized carbons (Fsp3) is 0.389. The monoisotopic (exact) mass is 338 g/mol. The van der Waals surface area contributed by atoms with Crippen LogP contribution in [0.2, 0.25) is 0 Å². The van der Waals surface area contributed by atoms with Crippen LogP contribution in [0.5, 0.6) is 5.75 Å². The standard InChI is InChI=1S/C18H22N6O/c1-13-15(10-19-22(13)2)11-23-8-9-24-17(12-23)20-21-18(24)14-4-6-16(25-3)7-5-14/h4-7,10H,8-9,11-12H2,1-3H3. The van der Waals surface area contributed by atoms with Gasteiger partial charge in [0.05, 0.1) is 19.9 Å². The summed E-state index contributed by atoms with van der Waals surface area (Å²) in [6.45, 7) is 5.67. The molecule has 0 amide bonds. The number of nitrogens with zero attached hydrogens (tertiary/aromatic N) is 6. The minimum atomic E-state index is 0.803. The Morgan fingerprint density at radius 2 is 1.92 bits per heavy atom. The van der Waals surface area contributed by atoms with Gasteiger partial charge in [0.25, 0.3) is 0 Å². The van der Waals surface area contributed by atoms with E-state index in [-0.39, 0.29) is 0 Å². The molecule has 4 rings (SSSR count). The summed E-state index contributed by atoms with van der Waals surface area (Å²) in [5.41, 5.74) is 3.55. The Labute approximate surface area is 146 Å². The summed E-state index contributed by atoms with van der Waals surface area (Å²) in [7, 11) is 3.65. The number of fused-ring (bicyclic) bond motifs is 1. The third-order valence-corrected chi connectivity index (χ3v) is 4.91. The number of ether oxygens (including phenoxy) is 1. The average molecular weight is 338 g/mol. The van der Waals surface area contributed by atoms with Gasteiger partial charge in [0.15, 0.2) is 5.82 Å². The zero-order valence-electron chi connectivity index (χ0n) is 14.8. The van der Waals surface area contributed by atoms with Gasteiger partial charge in [0.2, 0.25) is 0 Å². The highest BCUT2D eigenvalue weighted by molar-refractivity contribution is 5.56. The summed E-state index contributed by atoms with van der Waals surface area (Å²) in [6.07, 6.45) is 1.96. The second-order valence-electron chi connectivity index (χ2n) is 6.41. The number of hydrogen-bond acceptors (Lipinski definition) is 5. The molecule has 2 aromatic heterocycles. The molecule has 0 unspecified atom stereocenters. The Balaban J connectivity index is 1.53. The first-order valence-corrected chi connectivity index (χ1v) is 8.42. The van der Waals surface area contributed by atoms with Crippen LogP contribution in [0, 0.1) is 6.92 Å². The number of methoxy groups -OCH3 is 1. The number of aromatic nitrogens is 5. The van der Waals surface area contributed by atoms with Crippen LogP contribution >= 0.6 is 0 Å². The molecular weight excluding hydrogens is 316 g/mol. The fourth-order valence-electron chi connectivity index (χ4n) is 3.24. The Morgan fingerprint density at radius 3 is 2.60 bits per heavy atom. The van der Waals surface area contributed by atoms with Gasteiger partial charge < -0.3 is 9.30 Å². The molecule has 25 heavy (non-hydrogen) atoms. The first-order valence-electron chi connectivity index (χ1n) is 8.42. The zero-order chi connectivity index (χ0) is 17.4. The molecule has 0 aliphatic carbocycles. The molecule has 1 aliphatic heterocycles. The van der Waals surface area contributed by atoms with Gasteiger partial charge in [-0.15, -0.1) is 10.2 Å². The topological polar surface area (TPSA) is 61.0 Å². The van der Waals surface area contributed by atoms with E-state index in [4.69, 9.17) is 4.74 Å². The Morgan fingerprint density at radius 1 is 1.12 bits per heavy atom. The second-order valence-corrected chi connectivity index (χ2v) is 6.41. The van der Waals surface area contributed by atoms with Crippen LogP contribution in [0.3, 0.4) is 0 Å². The summed E-state index contributed by atoms with van der Waals surface area (Å²) in [4.78, 5) is 2.39. The van der Waals surface area contributed by atoms with E-state index in [1.54, 1.807) is 7.11 Å². The van der Waals surface area contributed by atoms with Crippen molar-refractivity contribution < 1.29 is 4.74 Å². The van der Waals surface area contributed by atoms with Gasteiger partial charge in [-0.05, 0) is 31.2 Å². The number of aryl methyl sites for hydroxylation is 1. The molecule has 0 saturated carbocycles. The van der Waals surface area contributed by atoms with E-state index in [0.717, 1.165) is 49.1 Å². The largest absolute Gasteiger partial charge is 0.497 e. The maximum Gasteiger partial charge on any atom is 0.164 e. The molecule has 0 bridgehead atoms. The maximum absolute atomic E-state index is 5.22. The number of hydrogen-bond donors (Lipinski definition) is 0. The number of rotatable bonds is 4. The smallest absolute Gasteiger partial charge is 0.164 e. The van der Waals surface area contributed by atoms with Gasteiger partial charge >= 0.3 is 0 Å². The lowest BCUT2D eigenvalue weighted by atomic mass is 10.2. The van der Waals surface area contributed by atoms with E-state index in [1.807, 2.05) is 42.2 Å². The van der Waals surface area contributed by atoms with Crippen LogP contribution in [0.4, 0.5) is 0 Å². The van der Waals surface area contributed by atoms with Crippen LogP contribution < -0.4 is 4.74 Å². The highest BCUT2D eigenvalue weighted by atomic mass is 16.5. The molecule has 7 heteroatoms. The Kier molecular flexibility index (Phi) is 4.01. The maximum atomic E-state index is 5.22. The third-order valence-electron chi connectivity index (χ3n) is 4.91. The summed E-state index contributed by atoms with van der Waals surface area (Å²) in [6, 6.07) is 7.97. The van der Waals surface area contributed by atoms with Gasteiger partial charge in [0.1, 0.15) is 11.6 Å². The SMILES string of the molecule is COc1ccc(-c2nnc3n2CCN(Cc2cnn(C)c2C)C3)cc1. The third kappa shape index (κ3) is 2.91. The predicted octanol–water partition coefficient (Wildman–Crippen LogP) is 2.01. The molecule has 7 nitrogen and oxygen atoms in total.